The average Bonchev–Trinajstić information content (AvgIpc) is 2.98. The number of benzene rings is 1. The zero-order valence-electron chi connectivity index (χ0n) is 11.9. The lowest BCUT2D eigenvalue weighted by Crippen LogP contribution is -2.17. The maximum atomic E-state index is 12.1. The van der Waals surface area contributed by atoms with E-state index in [0.717, 1.165) is 12.0 Å². The van der Waals surface area contributed by atoms with Gasteiger partial charge in [0.1, 0.15) is 0 Å². The summed E-state index contributed by atoms with van der Waals surface area (Å²) >= 11 is 0. The van der Waals surface area contributed by atoms with Crippen LogP contribution in [-0.4, -0.2) is 24.1 Å². The van der Waals surface area contributed by atoms with Crippen molar-refractivity contribution in [2.75, 3.05) is 12.4 Å². The van der Waals surface area contributed by atoms with Crippen LogP contribution in [0.5, 0.6) is 0 Å². The summed E-state index contributed by atoms with van der Waals surface area (Å²) in [4.78, 5) is 23.1. The molecule has 0 spiro atoms. The Morgan fingerprint density at radius 2 is 2.05 bits per heavy atom. The Hall–Kier alpha value is -1.88. The molecule has 0 radical (unpaired) electrons. The van der Waals surface area contributed by atoms with Crippen LogP contribution in [0.1, 0.15) is 36.2 Å². The summed E-state index contributed by atoms with van der Waals surface area (Å²) in [5.41, 5.74) is 1.41. The molecule has 5 heteroatoms. The molecule has 1 saturated carbocycles. The van der Waals surface area contributed by atoms with Gasteiger partial charge in [-0.25, -0.2) is 4.79 Å². The largest absolute Gasteiger partial charge is 0.478 e. The summed E-state index contributed by atoms with van der Waals surface area (Å²) in [6.45, 7) is 4.39. The molecule has 1 atom stereocenters. The molecule has 2 rings (SSSR count). The van der Waals surface area contributed by atoms with E-state index < -0.39 is 5.97 Å². The van der Waals surface area contributed by atoms with Crippen molar-refractivity contribution in [1.82, 2.24) is 0 Å². The molecule has 1 aliphatic rings. The first-order valence-electron chi connectivity index (χ1n) is 6.50. The van der Waals surface area contributed by atoms with Crippen LogP contribution in [0.3, 0.4) is 0 Å². The highest BCUT2D eigenvalue weighted by molar-refractivity contribution is 5.96. The Bertz CT molecular complexity index is 551. The summed E-state index contributed by atoms with van der Waals surface area (Å²) in [6.07, 6.45) is 0.863. The first kappa shape index (κ1) is 14.5. The molecule has 0 saturated heterocycles. The topological polar surface area (TPSA) is 75.6 Å². The van der Waals surface area contributed by atoms with Crippen LogP contribution in [0.4, 0.5) is 5.69 Å². The van der Waals surface area contributed by atoms with Crippen LogP contribution < -0.4 is 5.32 Å². The molecule has 1 amide bonds. The monoisotopic (exact) mass is 277 g/mol. The van der Waals surface area contributed by atoms with Crippen molar-refractivity contribution in [1.29, 1.82) is 0 Å². The van der Waals surface area contributed by atoms with E-state index in [2.05, 4.69) is 5.32 Å². The molecule has 1 aromatic carbocycles. The highest BCUT2D eigenvalue weighted by Gasteiger charge is 2.50. The van der Waals surface area contributed by atoms with E-state index in [0.29, 0.717) is 12.3 Å². The molecule has 1 aromatic rings. The van der Waals surface area contributed by atoms with Crippen LogP contribution in [0.2, 0.25) is 0 Å². The quantitative estimate of drug-likeness (QED) is 0.867. The van der Waals surface area contributed by atoms with Crippen LogP contribution >= 0.6 is 0 Å². The lowest BCUT2D eigenvalue weighted by molar-refractivity contribution is -0.118. The van der Waals surface area contributed by atoms with Crippen LogP contribution in [0.15, 0.2) is 18.2 Å². The van der Waals surface area contributed by atoms with Gasteiger partial charge in [-0.2, -0.15) is 0 Å². The lowest BCUT2D eigenvalue weighted by atomic mass is 10.1. The number of ether oxygens (including phenoxy) is 1. The fourth-order valence-electron chi connectivity index (χ4n) is 2.28. The SMILES string of the molecule is COCc1cc(NC(=O)C2CC2(C)C)cc(C(=O)O)c1. The number of amides is 1. The van der Waals surface area contributed by atoms with Crippen molar-refractivity contribution in [3.63, 3.8) is 0 Å². The summed E-state index contributed by atoms with van der Waals surface area (Å²) in [5, 5.41) is 11.9. The van der Waals surface area contributed by atoms with E-state index in [1.165, 1.54) is 6.07 Å². The molecule has 5 nitrogen and oxygen atoms in total. The van der Waals surface area contributed by atoms with Gasteiger partial charge < -0.3 is 15.2 Å². The predicted octanol–water partition coefficient (Wildman–Crippen LogP) is 2.52. The molecule has 0 heterocycles. The second kappa shape index (κ2) is 5.25. The van der Waals surface area contributed by atoms with Gasteiger partial charge in [0.05, 0.1) is 12.2 Å². The number of hydrogen-bond acceptors (Lipinski definition) is 3. The number of anilines is 1. The van der Waals surface area contributed by atoms with Crippen molar-refractivity contribution in [2.24, 2.45) is 11.3 Å². The number of carboxylic acid groups (broad SMARTS) is 1. The van der Waals surface area contributed by atoms with E-state index in [9.17, 15) is 9.59 Å². The van der Waals surface area contributed by atoms with Crippen LogP contribution in [0.25, 0.3) is 0 Å². The number of hydrogen-bond donors (Lipinski definition) is 2. The van der Waals surface area contributed by atoms with Crippen LogP contribution in [0, 0.1) is 11.3 Å². The minimum atomic E-state index is -1.02. The van der Waals surface area contributed by atoms with E-state index in [1.54, 1.807) is 19.2 Å². The van der Waals surface area contributed by atoms with Gasteiger partial charge in [0.2, 0.25) is 5.91 Å². The average molecular weight is 277 g/mol. The molecular formula is C15H19NO4. The van der Waals surface area contributed by atoms with Gasteiger partial charge >= 0.3 is 5.97 Å². The standard InChI is InChI=1S/C15H19NO4/c1-15(2)7-12(15)13(17)16-11-5-9(8-20-3)4-10(6-11)14(18)19/h4-6,12H,7-8H2,1-3H3,(H,16,17)(H,18,19). The Balaban J connectivity index is 2.18. The number of aromatic carboxylic acids is 1. The van der Waals surface area contributed by atoms with Gasteiger partial charge in [-0.15, -0.1) is 0 Å². The zero-order valence-corrected chi connectivity index (χ0v) is 11.9. The number of rotatable bonds is 5. The number of carboxylic acids is 1. The predicted molar refractivity (Wildman–Crippen MR) is 74.6 cm³/mol. The minimum Gasteiger partial charge on any atom is -0.478 e. The highest BCUT2D eigenvalue weighted by Crippen LogP contribution is 2.52. The lowest BCUT2D eigenvalue weighted by Gasteiger charge is -2.10. The van der Waals surface area contributed by atoms with Gasteiger partial charge in [-0.05, 0) is 35.6 Å². The smallest absolute Gasteiger partial charge is 0.335 e. The molecular weight excluding hydrogens is 258 g/mol. The van der Waals surface area contributed by atoms with Gasteiger partial charge in [-0.3, -0.25) is 4.79 Å². The van der Waals surface area contributed by atoms with E-state index >= 15 is 0 Å². The molecule has 1 aliphatic carbocycles. The fourth-order valence-corrected chi connectivity index (χ4v) is 2.28. The maximum Gasteiger partial charge on any atom is 0.335 e. The second-order valence-electron chi connectivity index (χ2n) is 5.89. The summed E-state index contributed by atoms with van der Waals surface area (Å²) in [5.74, 6) is -1.08. The first-order valence-corrected chi connectivity index (χ1v) is 6.50. The van der Waals surface area contributed by atoms with Gasteiger partial charge in [-0.1, -0.05) is 13.8 Å². The third-order valence-electron chi connectivity index (χ3n) is 3.65. The van der Waals surface area contributed by atoms with Crippen LogP contribution in [-0.2, 0) is 16.1 Å². The molecule has 1 unspecified atom stereocenters. The summed E-state index contributed by atoms with van der Waals surface area (Å²) in [6, 6.07) is 4.75. The number of carbonyl (C=O) groups is 2. The second-order valence-corrected chi connectivity index (χ2v) is 5.89. The summed E-state index contributed by atoms with van der Waals surface area (Å²) < 4.78 is 5.01. The third kappa shape index (κ3) is 3.17. The van der Waals surface area contributed by atoms with E-state index in [4.69, 9.17) is 9.84 Å². The summed E-state index contributed by atoms with van der Waals surface area (Å²) in [7, 11) is 1.54. The molecule has 0 bridgehead atoms. The number of methoxy groups -OCH3 is 1. The Labute approximate surface area is 117 Å². The molecule has 0 aliphatic heterocycles. The van der Waals surface area contributed by atoms with Gasteiger partial charge in [0.25, 0.3) is 0 Å². The Kier molecular flexibility index (Phi) is 3.81. The van der Waals surface area contributed by atoms with E-state index in [-0.39, 0.29) is 22.8 Å². The van der Waals surface area contributed by atoms with Gasteiger partial charge in [0, 0.05) is 18.7 Å². The highest BCUT2D eigenvalue weighted by atomic mass is 16.5. The van der Waals surface area contributed by atoms with Crippen molar-refractivity contribution in [3.05, 3.63) is 29.3 Å². The van der Waals surface area contributed by atoms with Crippen molar-refractivity contribution >= 4 is 17.6 Å². The Morgan fingerprint density at radius 1 is 1.40 bits per heavy atom. The van der Waals surface area contributed by atoms with Crippen molar-refractivity contribution in [2.45, 2.75) is 26.9 Å². The van der Waals surface area contributed by atoms with Crippen molar-refractivity contribution in [3.8, 4) is 0 Å². The maximum absolute atomic E-state index is 12.1. The minimum absolute atomic E-state index is 0.00172. The normalized spacial score (nSPS) is 19.4. The molecule has 1 fully saturated rings. The van der Waals surface area contributed by atoms with Crippen molar-refractivity contribution < 1.29 is 19.4 Å². The third-order valence-corrected chi connectivity index (χ3v) is 3.65. The number of nitrogens with one attached hydrogen (secondary N) is 1. The molecule has 108 valence electrons. The van der Waals surface area contributed by atoms with Gasteiger partial charge in [0.15, 0.2) is 0 Å². The number of carbonyl (C=O) groups excluding carboxylic acids is 1. The Morgan fingerprint density at radius 3 is 2.55 bits per heavy atom. The molecule has 2 N–H and O–H groups in total. The fraction of sp³-hybridized carbons (Fsp3) is 0.467. The zero-order chi connectivity index (χ0) is 14.9. The van der Waals surface area contributed by atoms with E-state index in [1.807, 2.05) is 13.8 Å². The molecule has 20 heavy (non-hydrogen) atoms. The first-order chi connectivity index (χ1) is 9.33. The molecule has 0 aromatic heterocycles.